The van der Waals surface area contributed by atoms with Gasteiger partial charge in [-0.25, -0.2) is 9.78 Å². The molecule has 0 unspecified atom stereocenters. The van der Waals surface area contributed by atoms with E-state index in [4.69, 9.17) is 0 Å². The van der Waals surface area contributed by atoms with E-state index in [2.05, 4.69) is 10.3 Å². The Labute approximate surface area is 127 Å². The third-order valence-electron chi connectivity index (χ3n) is 4.15. The van der Waals surface area contributed by atoms with Crippen molar-refractivity contribution in [2.75, 3.05) is 26.0 Å². The van der Waals surface area contributed by atoms with E-state index >= 15 is 0 Å². The number of carbonyl (C=O) groups excluding carboxylic acids is 1. The molecule has 0 aliphatic heterocycles. The number of rotatable bonds is 4. The van der Waals surface area contributed by atoms with Crippen LogP contribution in [-0.4, -0.2) is 43.1 Å². The lowest BCUT2D eigenvalue weighted by Crippen LogP contribution is -2.44. The molecular formula is C16H26N4O. The minimum absolute atomic E-state index is 0.0186. The summed E-state index contributed by atoms with van der Waals surface area (Å²) >= 11 is 0. The van der Waals surface area contributed by atoms with Crippen molar-refractivity contribution in [3.8, 4) is 0 Å². The summed E-state index contributed by atoms with van der Waals surface area (Å²) in [6.45, 7) is 0.541. The second-order valence-electron chi connectivity index (χ2n) is 5.98. The van der Waals surface area contributed by atoms with Crippen LogP contribution < -0.4 is 10.2 Å². The molecule has 0 spiro atoms. The van der Waals surface area contributed by atoms with Crippen LogP contribution in [0.4, 0.5) is 10.6 Å². The number of aromatic nitrogens is 1. The monoisotopic (exact) mass is 290 g/mol. The number of hydrogen-bond acceptors (Lipinski definition) is 3. The summed E-state index contributed by atoms with van der Waals surface area (Å²) in [4.78, 5) is 20.3. The first-order chi connectivity index (χ1) is 10.1. The Kier molecular flexibility index (Phi) is 5.42. The van der Waals surface area contributed by atoms with Crippen LogP contribution in [0.3, 0.4) is 0 Å². The van der Waals surface area contributed by atoms with Crippen LogP contribution in [0.5, 0.6) is 0 Å². The topological polar surface area (TPSA) is 48.5 Å². The molecule has 0 saturated heterocycles. The van der Waals surface area contributed by atoms with Crippen LogP contribution >= 0.6 is 0 Å². The predicted octanol–water partition coefficient (Wildman–Crippen LogP) is 2.62. The molecule has 1 saturated carbocycles. The molecule has 5 heteroatoms. The Bertz CT molecular complexity index is 469. The van der Waals surface area contributed by atoms with Crippen LogP contribution in [-0.2, 0) is 6.54 Å². The minimum Gasteiger partial charge on any atom is -0.363 e. The van der Waals surface area contributed by atoms with Gasteiger partial charge in [-0.2, -0.15) is 0 Å². The highest BCUT2D eigenvalue weighted by atomic mass is 16.2. The van der Waals surface area contributed by atoms with Crippen molar-refractivity contribution in [3.63, 3.8) is 0 Å². The Morgan fingerprint density at radius 2 is 2.00 bits per heavy atom. The van der Waals surface area contributed by atoms with Crippen LogP contribution in [0.1, 0.15) is 37.7 Å². The predicted molar refractivity (Wildman–Crippen MR) is 85.4 cm³/mol. The molecule has 0 atom stereocenters. The van der Waals surface area contributed by atoms with E-state index in [9.17, 15) is 4.79 Å². The first-order valence-electron chi connectivity index (χ1n) is 7.71. The second kappa shape index (κ2) is 7.29. The number of pyridine rings is 1. The van der Waals surface area contributed by atoms with Gasteiger partial charge >= 0.3 is 6.03 Å². The van der Waals surface area contributed by atoms with Crippen LogP contribution in [0, 0.1) is 0 Å². The number of amides is 2. The molecular weight excluding hydrogens is 264 g/mol. The largest absolute Gasteiger partial charge is 0.363 e. The van der Waals surface area contributed by atoms with Gasteiger partial charge in [0.1, 0.15) is 5.82 Å². The summed E-state index contributed by atoms with van der Waals surface area (Å²) in [5.41, 5.74) is 1.07. The first-order valence-corrected chi connectivity index (χ1v) is 7.71. The number of carbonyl (C=O) groups is 1. The van der Waals surface area contributed by atoms with Gasteiger partial charge in [-0.05, 0) is 30.5 Å². The highest BCUT2D eigenvalue weighted by Gasteiger charge is 2.21. The third kappa shape index (κ3) is 4.34. The van der Waals surface area contributed by atoms with Crippen molar-refractivity contribution < 1.29 is 4.79 Å². The highest BCUT2D eigenvalue weighted by Crippen LogP contribution is 2.21. The fourth-order valence-corrected chi connectivity index (χ4v) is 2.75. The lowest BCUT2D eigenvalue weighted by Gasteiger charge is -2.31. The molecule has 0 bridgehead atoms. The lowest BCUT2D eigenvalue weighted by atomic mass is 9.95. The summed E-state index contributed by atoms with van der Waals surface area (Å²) in [5, 5.41) is 3.00. The fraction of sp³-hybridized carbons (Fsp3) is 0.625. The van der Waals surface area contributed by atoms with Crippen LogP contribution in [0.25, 0.3) is 0 Å². The van der Waals surface area contributed by atoms with E-state index in [0.29, 0.717) is 12.6 Å². The van der Waals surface area contributed by atoms with Gasteiger partial charge in [0, 0.05) is 39.9 Å². The maximum atomic E-state index is 12.2. The minimum atomic E-state index is 0.0186. The van der Waals surface area contributed by atoms with Crippen molar-refractivity contribution in [2.24, 2.45) is 0 Å². The molecule has 1 aromatic rings. The van der Waals surface area contributed by atoms with Crippen molar-refractivity contribution >= 4 is 11.8 Å². The molecule has 2 amide bonds. The normalized spacial score (nSPS) is 15.6. The second-order valence-corrected chi connectivity index (χ2v) is 5.98. The zero-order valence-electron chi connectivity index (χ0n) is 13.3. The number of hydrogen-bond donors (Lipinski definition) is 1. The van der Waals surface area contributed by atoms with E-state index in [0.717, 1.165) is 24.2 Å². The summed E-state index contributed by atoms with van der Waals surface area (Å²) in [7, 11) is 5.83. The van der Waals surface area contributed by atoms with E-state index < -0.39 is 0 Å². The molecule has 1 N–H and O–H groups in total. The molecule has 2 rings (SSSR count). The first kappa shape index (κ1) is 15.6. The molecule has 1 fully saturated rings. The quantitative estimate of drug-likeness (QED) is 0.927. The average molecular weight is 290 g/mol. The fourth-order valence-electron chi connectivity index (χ4n) is 2.75. The van der Waals surface area contributed by atoms with Gasteiger partial charge in [0.2, 0.25) is 0 Å². The molecule has 0 aromatic carbocycles. The molecule has 5 nitrogen and oxygen atoms in total. The van der Waals surface area contributed by atoms with Crippen molar-refractivity contribution in [1.82, 2.24) is 15.2 Å². The standard InChI is InChI=1S/C16H26N4O/c1-19(2)15-11-13(9-10-17-15)12-18-16(21)20(3)14-7-5-4-6-8-14/h9-11,14H,4-8,12H2,1-3H3,(H,18,21). The smallest absolute Gasteiger partial charge is 0.317 e. The van der Waals surface area contributed by atoms with Crippen molar-refractivity contribution in [2.45, 2.75) is 44.7 Å². The molecule has 1 aliphatic rings. The van der Waals surface area contributed by atoms with E-state index in [1.165, 1.54) is 19.3 Å². The van der Waals surface area contributed by atoms with Gasteiger partial charge in [0.15, 0.2) is 0 Å². The number of anilines is 1. The average Bonchev–Trinajstić information content (AvgIpc) is 2.53. The van der Waals surface area contributed by atoms with E-state index in [1.54, 1.807) is 6.20 Å². The molecule has 1 heterocycles. The van der Waals surface area contributed by atoms with Crippen LogP contribution in [0.2, 0.25) is 0 Å². The zero-order valence-corrected chi connectivity index (χ0v) is 13.3. The summed E-state index contributed by atoms with van der Waals surface area (Å²) in [6.07, 6.45) is 7.81. The van der Waals surface area contributed by atoms with Gasteiger partial charge in [-0.3, -0.25) is 0 Å². The van der Waals surface area contributed by atoms with E-state index in [-0.39, 0.29) is 6.03 Å². The molecule has 0 radical (unpaired) electrons. The molecule has 116 valence electrons. The Morgan fingerprint density at radius 1 is 1.29 bits per heavy atom. The molecule has 21 heavy (non-hydrogen) atoms. The number of nitrogens with zero attached hydrogens (tertiary/aromatic N) is 3. The lowest BCUT2D eigenvalue weighted by molar-refractivity contribution is 0.173. The summed E-state index contributed by atoms with van der Waals surface area (Å²) in [6, 6.07) is 4.35. The number of urea groups is 1. The summed E-state index contributed by atoms with van der Waals surface area (Å²) < 4.78 is 0. The van der Waals surface area contributed by atoms with Gasteiger partial charge < -0.3 is 15.1 Å². The Balaban J connectivity index is 1.86. The zero-order chi connectivity index (χ0) is 15.2. The van der Waals surface area contributed by atoms with Gasteiger partial charge in [-0.15, -0.1) is 0 Å². The molecule has 1 aliphatic carbocycles. The summed E-state index contributed by atoms with van der Waals surface area (Å²) in [5.74, 6) is 0.905. The van der Waals surface area contributed by atoms with Gasteiger partial charge in [0.05, 0.1) is 0 Å². The number of nitrogens with one attached hydrogen (secondary N) is 1. The Hall–Kier alpha value is -1.78. The Morgan fingerprint density at radius 3 is 2.67 bits per heavy atom. The van der Waals surface area contributed by atoms with Crippen LogP contribution in [0.15, 0.2) is 18.3 Å². The maximum Gasteiger partial charge on any atom is 0.317 e. The van der Waals surface area contributed by atoms with Gasteiger partial charge in [0.25, 0.3) is 0 Å². The highest BCUT2D eigenvalue weighted by molar-refractivity contribution is 5.74. The van der Waals surface area contributed by atoms with Crippen molar-refractivity contribution in [1.29, 1.82) is 0 Å². The van der Waals surface area contributed by atoms with E-state index in [1.807, 2.05) is 43.1 Å². The van der Waals surface area contributed by atoms with Crippen molar-refractivity contribution in [3.05, 3.63) is 23.9 Å². The molecule has 1 aromatic heterocycles. The third-order valence-corrected chi connectivity index (χ3v) is 4.15. The van der Waals surface area contributed by atoms with Gasteiger partial charge in [-0.1, -0.05) is 19.3 Å². The maximum absolute atomic E-state index is 12.2. The SMILES string of the molecule is CN(C)c1cc(CNC(=O)N(C)C2CCCCC2)ccn1.